The van der Waals surface area contributed by atoms with Gasteiger partial charge in [0.1, 0.15) is 35.9 Å². The summed E-state index contributed by atoms with van der Waals surface area (Å²) in [5.74, 6) is 0.248. The Hall–Kier alpha value is -2.20. The fraction of sp³-hybridized carbons (Fsp3) is 0.400. The van der Waals surface area contributed by atoms with E-state index in [4.69, 9.17) is 18.9 Å². The van der Waals surface area contributed by atoms with Crippen LogP contribution >= 0.6 is 0 Å². The van der Waals surface area contributed by atoms with E-state index >= 15 is 0 Å². The number of benzene rings is 2. The second kappa shape index (κ2) is 8.04. The lowest BCUT2D eigenvalue weighted by atomic mass is 9.99. The topological polar surface area (TPSA) is 118 Å². The zero-order valence-corrected chi connectivity index (χ0v) is 14.9. The van der Waals surface area contributed by atoms with Crippen LogP contribution in [0.2, 0.25) is 0 Å². The van der Waals surface area contributed by atoms with Gasteiger partial charge in [-0.25, -0.2) is 0 Å². The Labute approximate surface area is 161 Å². The van der Waals surface area contributed by atoms with Crippen molar-refractivity contribution in [3.63, 3.8) is 0 Å². The van der Waals surface area contributed by atoms with Gasteiger partial charge in [0.25, 0.3) is 0 Å². The molecule has 2 aliphatic rings. The first-order valence-electron chi connectivity index (χ1n) is 9.00. The maximum atomic E-state index is 10.3. The Morgan fingerprint density at radius 1 is 0.821 bits per heavy atom. The minimum absolute atomic E-state index is 0.116. The van der Waals surface area contributed by atoms with Gasteiger partial charge >= 0.3 is 0 Å². The SMILES string of the molecule is OC[C@H](O)[C@H]1OC(c2ccc(O)cc2)O[C@@H]2COC(c3ccc(O)cc3)O[C@@H]12. The van der Waals surface area contributed by atoms with E-state index in [1.54, 1.807) is 24.3 Å². The summed E-state index contributed by atoms with van der Waals surface area (Å²) < 4.78 is 23.6. The highest BCUT2D eigenvalue weighted by Gasteiger charge is 2.48. The van der Waals surface area contributed by atoms with Gasteiger partial charge in [0.05, 0.1) is 13.2 Å². The van der Waals surface area contributed by atoms with Crippen molar-refractivity contribution >= 4 is 0 Å². The number of rotatable bonds is 4. The number of aromatic hydroxyl groups is 2. The molecule has 0 bridgehead atoms. The third-order valence-corrected chi connectivity index (χ3v) is 4.86. The van der Waals surface area contributed by atoms with Gasteiger partial charge in [-0.3, -0.25) is 0 Å². The third kappa shape index (κ3) is 3.83. The van der Waals surface area contributed by atoms with E-state index in [2.05, 4.69) is 0 Å². The van der Waals surface area contributed by atoms with Crippen molar-refractivity contribution in [3.05, 3.63) is 59.7 Å². The maximum absolute atomic E-state index is 10.3. The van der Waals surface area contributed by atoms with Crippen molar-refractivity contribution < 1.29 is 39.4 Å². The second-order valence-corrected chi connectivity index (χ2v) is 6.81. The van der Waals surface area contributed by atoms with Gasteiger partial charge in [-0.1, -0.05) is 24.3 Å². The van der Waals surface area contributed by atoms with Crippen molar-refractivity contribution in [1.29, 1.82) is 0 Å². The lowest BCUT2D eigenvalue weighted by Gasteiger charge is -2.47. The zero-order valence-electron chi connectivity index (χ0n) is 14.9. The largest absolute Gasteiger partial charge is 0.508 e. The summed E-state index contributed by atoms with van der Waals surface area (Å²) >= 11 is 0. The summed E-state index contributed by atoms with van der Waals surface area (Å²) in [5.41, 5.74) is 1.36. The van der Waals surface area contributed by atoms with Crippen LogP contribution in [0.4, 0.5) is 0 Å². The molecule has 2 fully saturated rings. The molecule has 150 valence electrons. The third-order valence-electron chi connectivity index (χ3n) is 4.86. The average Bonchev–Trinajstić information content (AvgIpc) is 2.73. The monoisotopic (exact) mass is 390 g/mol. The molecule has 2 aromatic rings. The van der Waals surface area contributed by atoms with Crippen molar-refractivity contribution in [3.8, 4) is 11.5 Å². The molecule has 0 saturated carbocycles. The molecule has 0 aromatic heterocycles. The van der Waals surface area contributed by atoms with Crippen LogP contribution < -0.4 is 0 Å². The van der Waals surface area contributed by atoms with Gasteiger partial charge in [-0.05, 0) is 24.3 Å². The smallest absolute Gasteiger partial charge is 0.184 e. The number of phenols is 2. The average molecular weight is 390 g/mol. The molecule has 4 rings (SSSR count). The fourth-order valence-corrected chi connectivity index (χ4v) is 3.37. The number of fused-ring (bicyclic) bond motifs is 1. The van der Waals surface area contributed by atoms with E-state index in [0.29, 0.717) is 11.1 Å². The molecule has 0 spiro atoms. The molecule has 0 radical (unpaired) electrons. The van der Waals surface area contributed by atoms with E-state index in [1.165, 1.54) is 24.3 Å². The van der Waals surface area contributed by atoms with Crippen LogP contribution in [-0.2, 0) is 18.9 Å². The molecule has 2 aromatic carbocycles. The number of aliphatic hydroxyl groups excluding tert-OH is 2. The first-order valence-corrected chi connectivity index (χ1v) is 9.00. The van der Waals surface area contributed by atoms with Crippen molar-refractivity contribution in [2.45, 2.75) is 37.0 Å². The van der Waals surface area contributed by atoms with Crippen LogP contribution in [0, 0.1) is 0 Å². The molecule has 2 heterocycles. The van der Waals surface area contributed by atoms with Gasteiger partial charge in [-0.2, -0.15) is 0 Å². The molecular formula is C20H22O8. The van der Waals surface area contributed by atoms with Gasteiger partial charge in [-0.15, -0.1) is 0 Å². The first kappa shape index (κ1) is 19.1. The van der Waals surface area contributed by atoms with E-state index in [0.717, 1.165) is 0 Å². The maximum Gasteiger partial charge on any atom is 0.184 e. The summed E-state index contributed by atoms with van der Waals surface area (Å²) in [6.45, 7) is -0.299. The van der Waals surface area contributed by atoms with E-state index in [9.17, 15) is 20.4 Å². The molecule has 0 aliphatic carbocycles. The Morgan fingerprint density at radius 3 is 1.96 bits per heavy atom. The zero-order chi connectivity index (χ0) is 19.7. The summed E-state index contributed by atoms with van der Waals surface area (Å²) in [7, 11) is 0. The van der Waals surface area contributed by atoms with E-state index in [1.807, 2.05) is 0 Å². The van der Waals surface area contributed by atoms with E-state index < -0.39 is 43.6 Å². The highest BCUT2D eigenvalue weighted by Crippen LogP contribution is 2.39. The van der Waals surface area contributed by atoms with Gasteiger partial charge < -0.3 is 39.4 Å². The molecule has 28 heavy (non-hydrogen) atoms. The molecule has 2 unspecified atom stereocenters. The van der Waals surface area contributed by atoms with Crippen LogP contribution in [0.15, 0.2) is 48.5 Å². The number of ether oxygens (including phenoxy) is 4. The van der Waals surface area contributed by atoms with Crippen LogP contribution in [0.1, 0.15) is 23.7 Å². The molecule has 6 atom stereocenters. The number of aliphatic hydroxyl groups is 2. The number of hydrogen-bond acceptors (Lipinski definition) is 8. The van der Waals surface area contributed by atoms with E-state index in [-0.39, 0.29) is 18.1 Å². The minimum atomic E-state index is -1.17. The highest BCUT2D eigenvalue weighted by atomic mass is 16.8. The predicted octanol–water partition coefficient (Wildman–Crippen LogP) is 1.35. The molecular weight excluding hydrogens is 368 g/mol. The molecule has 2 saturated heterocycles. The van der Waals surface area contributed by atoms with Crippen molar-refractivity contribution in [2.24, 2.45) is 0 Å². The number of hydrogen-bond donors (Lipinski definition) is 4. The lowest BCUT2D eigenvalue weighted by Crippen LogP contribution is -2.58. The van der Waals surface area contributed by atoms with Crippen LogP contribution in [0.3, 0.4) is 0 Å². The first-order chi connectivity index (χ1) is 13.5. The van der Waals surface area contributed by atoms with Gasteiger partial charge in [0.15, 0.2) is 12.6 Å². The highest BCUT2D eigenvalue weighted by molar-refractivity contribution is 5.28. The molecule has 4 N–H and O–H groups in total. The molecule has 0 amide bonds. The van der Waals surface area contributed by atoms with Crippen LogP contribution in [0.5, 0.6) is 11.5 Å². The van der Waals surface area contributed by atoms with Crippen molar-refractivity contribution in [1.82, 2.24) is 0 Å². The number of phenolic OH excluding ortho intramolecular Hbond substituents is 2. The summed E-state index contributed by atoms with van der Waals surface area (Å²) in [6.07, 6.45) is -4.71. The Bertz CT molecular complexity index is 776. The standard InChI is InChI=1S/C20H22O8/c21-9-15(24)17-18-16(26-20(27-17)12-3-7-14(23)8-4-12)10-25-19(28-18)11-1-5-13(22)6-2-11/h1-8,15-24H,9-10H2/t15-,16+,17+,18+,19?,20?/m0/s1. The fourth-order valence-electron chi connectivity index (χ4n) is 3.37. The molecule has 8 heteroatoms. The van der Waals surface area contributed by atoms with Crippen LogP contribution in [-0.4, -0.2) is 58.1 Å². The quantitative estimate of drug-likeness (QED) is 0.618. The van der Waals surface area contributed by atoms with Gasteiger partial charge in [0, 0.05) is 11.1 Å². The lowest BCUT2D eigenvalue weighted by molar-refractivity contribution is -0.373. The van der Waals surface area contributed by atoms with Crippen LogP contribution in [0.25, 0.3) is 0 Å². The summed E-state index contributed by atoms with van der Waals surface area (Å²) in [6, 6.07) is 12.8. The summed E-state index contributed by atoms with van der Waals surface area (Å²) in [4.78, 5) is 0. The Kier molecular flexibility index (Phi) is 5.49. The molecule has 2 aliphatic heterocycles. The summed E-state index contributed by atoms with van der Waals surface area (Å²) in [5, 5.41) is 38.7. The molecule has 8 nitrogen and oxygen atoms in total. The minimum Gasteiger partial charge on any atom is -0.508 e. The van der Waals surface area contributed by atoms with Gasteiger partial charge in [0.2, 0.25) is 0 Å². The Balaban J connectivity index is 1.55. The second-order valence-electron chi connectivity index (χ2n) is 6.81. The van der Waals surface area contributed by atoms with Crippen molar-refractivity contribution in [2.75, 3.05) is 13.2 Å². The predicted molar refractivity (Wildman–Crippen MR) is 95.4 cm³/mol. The normalized spacial score (nSPS) is 31.1. The Morgan fingerprint density at radius 2 is 1.39 bits per heavy atom.